The summed E-state index contributed by atoms with van der Waals surface area (Å²) < 4.78 is 11.0. The van der Waals surface area contributed by atoms with Crippen molar-refractivity contribution < 1.29 is 24.2 Å². The molecule has 174 valence electrons. The fraction of sp³-hybridized carbons (Fsp3) is 0.286. The minimum atomic E-state index is -1.04. The Morgan fingerprint density at radius 1 is 1.00 bits per heavy atom. The van der Waals surface area contributed by atoms with E-state index in [-0.39, 0.29) is 18.6 Å². The molecule has 0 atom stereocenters. The number of carbonyl (C=O) groups excluding carboxylic acids is 1. The van der Waals surface area contributed by atoms with Crippen molar-refractivity contribution in [2.24, 2.45) is 0 Å². The third kappa shape index (κ3) is 3.59. The van der Waals surface area contributed by atoms with Gasteiger partial charge in [-0.15, -0.1) is 0 Å². The zero-order valence-electron chi connectivity index (χ0n) is 19.2. The Kier molecular flexibility index (Phi) is 5.52. The highest BCUT2D eigenvalue weighted by atomic mass is 16.5. The molecular formula is C28H27NO5. The lowest BCUT2D eigenvalue weighted by molar-refractivity contribution is -0.148. The SMILES string of the molecule is COc1cc(C2(C(=O)O)CC(NC(=O)OCC3c4ccccc4-c4ccccc43)C2)ccc1C. The molecule has 0 saturated heterocycles. The van der Waals surface area contributed by atoms with Crippen LogP contribution in [0, 0.1) is 6.92 Å². The number of nitrogens with one attached hydrogen (secondary N) is 1. The lowest BCUT2D eigenvalue weighted by atomic mass is 9.61. The largest absolute Gasteiger partial charge is 0.496 e. The van der Waals surface area contributed by atoms with E-state index in [0.29, 0.717) is 24.2 Å². The quantitative estimate of drug-likeness (QED) is 0.543. The molecule has 0 spiro atoms. The third-order valence-electron chi connectivity index (χ3n) is 7.23. The standard InChI is InChI=1S/C28H27NO5/c1-17-11-12-18(13-25(17)33-2)28(26(30)31)14-19(15-28)29-27(32)34-16-24-22-9-5-3-7-20(22)21-8-4-6-10-23(21)24/h3-13,19,24H,14-16H2,1-2H3,(H,29,32)(H,30,31). The number of amides is 1. The van der Waals surface area contributed by atoms with E-state index in [1.165, 1.54) is 11.1 Å². The average Bonchev–Trinajstić information content (AvgIpc) is 3.14. The van der Waals surface area contributed by atoms with E-state index in [0.717, 1.165) is 16.7 Å². The number of aryl methyl sites for hydroxylation is 1. The number of carboxylic acid groups (broad SMARTS) is 1. The van der Waals surface area contributed by atoms with Gasteiger partial charge in [0.2, 0.25) is 0 Å². The lowest BCUT2D eigenvalue weighted by Gasteiger charge is -2.44. The van der Waals surface area contributed by atoms with Crippen LogP contribution in [0.1, 0.15) is 41.0 Å². The molecule has 6 nitrogen and oxygen atoms in total. The number of hydrogen-bond donors (Lipinski definition) is 2. The van der Waals surface area contributed by atoms with E-state index < -0.39 is 17.5 Å². The number of methoxy groups -OCH3 is 1. The summed E-state index contributed by atoms with van der Waals surface area (Å²) in [5, 5.41) is 12.8. The van der Waals surface area contributed by atoms with E-state index in [4.69, 9.17) is 9.47 Å². The van der Waals surface area contributed by atoms with Gasteiger partial charge in [-0.25, -0.2) is 4.79 Å². The molecule has 5 rings (SSSR count). The summed E-state index contributed by atoms with van der Waals surface area (Å²) in [7, 11) is 1.57. The van der Waals surface area contributed by atoms with Gasteiger partial charge in [-0.05, 0) is 59.2 Å². The Bertz CT molecular complexity index is 1220. The van der Waals surface area contributed by atoms with Gasteiger partial charge >= 0.3 is 12.1 Å². The van der Waals surface area contributed by atoms with E-state index in [1.54, 1.807) is 13.2 Å². The maximum atomic E-state index is 12.6. The fourth-order valence-corrected chi connectivity index (χ4v) is 5.34. The van der Waals surface area contributed by atoms with Gasteiger partial charge in [0, 0.05) is 12.0 Å². The fourth-order valence-electron chi connectivity index (χ4n) is 5.34. The van der Waals surface area contributed by atoms with E-state index in [9.17, 15) is 14.7 Å². The van der Waals surface area contributed by atoms with Crippen molar-refractivity contribution in [1.82, 2.24) is 5.32 Å². The van der Waals surface area contributed by atoms with Gasteiger partial charge < -0.3 is 19.9 Å². The number of hydrogen-bond acceptors (Lipinski definition) is 4. The number of alkyl carbamates (subject to hydrolysis) is 1. The van der Waals surface area contributed by atoms with Gasteiger partial charge in [-0.3, -0.25) is 4.79 Å². The maximum absolute atomic E-state index is 12.6. The Morgan fingerprint density at radius 3 is 2.21 bits per heavy atom. The molecule has 2 aliphatic rings. The first kappa shape index (κ1) is 22.0. The van der Waals surface area contributed by atoms with Gasteiger partial charge in [-0.2, -0.15) is 0 Å². The summed E-state index contributed by atoms with van der Waals surface area (Å²) in [6.07, 6.45) is 0.0876. The van der Waals surface area contributed by atoms with Crippen LogP contribution < -0.4 is 10.1 Å². The molecule has 1 saturated carbocycles. The Hall–Kier alpha value is -3.80. The summed E-state index contributed by atoms with van der Waals surface area (Å²) in [5.41, 5.74) is 5.24. The second-order valence-electron chi connectivity index (χ2n) is 9.15. The van der Waals surface area contributed by atoms with Crippen LogP contribution in [0.5, 0.6) is 5.75 Å². The Morgan fingerprint density at radius 2 is 1.62 bits per heavy atom. The molecule has 1 amide bonds. The summed E-state index contributed by atoms with van der Waals surface area (Å²) >= 11 is 0. The second kappa shape index (κ2) is 8.52. The van der Waals surface area contributed by atoms with Gasteiger partial charge in [0.15, 0.2) is 0 Å². The highest BCUT2D eigenvalue weighted by molar-refractivity contribution is 5.84. The van der Waals surface area contributed by atoms with Crippen molar-refractivity contribution >= 4 is 12.1 Å². The molecule has 2 aliphatic carbocycles. The van der Waals surface area contributed by atoms with Crippen molar-refractivity contribution in [3.63, 3.8) is 0 Å². The maximum Gasteiger partial charge on any atom is 0.407 e. The van der Waals surface area contributed by atoms with Crippen molar-refractivity contribution in [2.75, 3.05) is 13.7 Å². The topological polar surface area (TPSA) is 84.9 Å². The first-order chi connectivity index (χ1) is 16.4. The number of fused-ring (bicyclic) bond motifs is 3. The molecule has 0 bridgehead atoms. The van der Waals surface area contributed by atoms with Crippen LogP contribution in [0.15, 0.2) is 66.7 Å². The van der Waals surface area contributed by atoms with E-state index >= 15 is 0 Å². The van der Waals surface area contributed by atoms with Crippen LogP contribution in [0.3, 0.4) is 0 Å². The molecule has 0 aromatic heterocycles. The van der Waals surface area contributed by atoms with Crippen molar-refractivity contribution in [2.45, 2.75) is 37.1 Å². The molecule has 0 heterocycles. The predicted molar refractivity (Wildman–Crippen MR) is 128 cm³/mol. The van der Waals surface area contributed by atoms with Crippen LogP contribution in [0.2, 0.25) is 0 Å². The Labute approximate surface area is 198 Å². The summed E-state index contributed by atoms with van der Waals surface area (Å²) in [5.74, 6) is -0.257. The molecule has 0 radical (unpaired) electrons. The van der Waals surface area contributed by atoms with Crippen molar-refractivity contribution in [1.29, 1.82) is 0 Å². The minimum absolute atomic E-state index is 0.0160. The van der Waals surface area contributed by atoms with Gasteiger partial charge in [0.25, 0.3) is 0 Å². The number of ether oxygens (including phenoxy) is 2. The number of benzene rings is 3. The highest BCUT2D eigenvalue weighted by Crippen LogP contribution is 2.46. The first-order valence-electron chi connectivity index (χ1n) is 11.4. The second-order valence-corrected chi connectivity index (χ2v) is 9.15. The van der Waals surface area contributed by atoms with Crippen LogP contribution in [0.4, 0.5) is 4.79 Å². The molecule has 3 aromatic carbocycles. The monoisotopic (exact) mass is 457 g/mol. The molecule has 1 fully saturated rings. The zero-order chi connectivity index (χ0) is 23.9. The number of carboxylic acids is 1. The lowest BCUT2D eigenvalue weighted by Crippen LogP contribution is -2.57. The summed E-state index contributed by atoms with van der Waals surface area (Å²) in [6.45, 7) is 2.14. The predicted octanol–water partition coefficient (Wildman–Crippen LogP) is 5.03. The Balaban J connectivity index is 1.23. The van der Waals surface area contributed by atoms with Crippen molar-refractivity contribution in [3.8, 4) is 16.9 Å². The average molecular weight is 458 g/mol. The minimum Gasteiger partial charge on any atom is -0.496 e. The summed E-state index contributed by atoms with van der Waals surface area (Å²) in [4.78, 5) is 24.8. The van der Waals surface area contributed by atoms with Crippen LogP contribution in [-0.2, 0) is 14.9 Å². The van der Waals surface area contributed by atoms with Gasteiger partial charge in [-0.1, -0.05) is 60.7 Å². The van der Waals surface area contributed by atoms with Crippen LogP contribution >= 0.6 is 0 Å². The van der Waals surface area contributed by atoms with E-state index in [2.05, 4.69) is 29.6 Å². The number of carbonyl (C=O) groups is 2. The third-order valence-corrected chi connectivity index (χ3v) is 7.23. The number of aliphatic carboxylic acids is 1. The highest BCUT2D eigenvalue weighted by Gasteiger charge is 2.52. The molecule has 2 N–H and O–H groups in total. The van der Waals surface area contributed by atoms with E-state index in [1.807, 2.05) is 43.3 Å². The molecule has 0 aliphatic heterocycles. The molecular weight excluding hydrogens is 430 g/mol. The normalized spacial score (nSPS) is 20.6. The zero-order valence-corrected chi connectivity index (χ0v) is 19.2. The summed E-state index contributed by atoms with van der Waals surface area (Å²) in [6, 6.07) is 21.6. The van der Waals surface area contributed by atoms with Gasteiger partial charge in [0.1, 0.15) is 12.4 Å². The van der Waals surface area contributed by atoms with Crippen molar-refractivity contribution in [3.05, 3.63) is 89.0 Å². The molecule has 6 heteroatoms. The molecule has 0 unspecified atom stereocenters. The first-order valence-corrected chi connectivity index (χ1v) is 11.4. The van der Waals surface area contributed by atoms with Crippen LogP contribution in [0.25, 0.3) is 11.1 Å². The van der Waals surface area contributed by atoms with Gasteiger partial charge in [0.05, 0.1) is 12.5 Å². The molecule has 34 heavy (non-hydrogen) atoms. The molecule has 3 aromatic rings. The number of rotatable bonds is 6. The smallest absolute Gasteiger partial charge is 0.407 e. The van der Waals surface area contributed by atoms with Crippen LogP contribution in [-0.4, -0.2) is 36.9 Å².